The number of ether oxygens (including phenoxy) is 1. The molecular weight excluding hydrogens is 410 g/mol. The minimum absolute atomic E-state index is 0.0802. The highest BCUT2D eigenvalue weighted by Gasteiger charge is 2.29. The van der Waals surface area contributed by atoms with Crippen LogP contribution in [0.4, 0.5) is 0 Å². The summed E-state index contributed by atoms with van der Waals surface area (Å²) in [4.78, 5) is 33.5. The van der Waals surface area contributed by atoms with Gasteiger partial charge in [0.05, 0.1) is 24.1 Å². The van der Waals surface area contributed by atoms with Gasteiger partial charge in [0.1, 0.15) is 5.25 Å². The first-order valence-electron chi connectivity index (χ1n) is 10.7. The van der Waals surface area contributed by atoms with Crippen LogP contribution in [0.1, 0.15) is 30.1 Å². The highest BCUT2D eigenvalue weighted by Crippen LogP contribution is 2.36. The normalized spacial score (nSPS) is 15.2. The summed E-state index contributed by atoms with van der Waals surface area (Å²) in [6.45, 7) is 2.34. The van der Waals surface area contributed by atoms with Crippen molar-refractivity contribution in [3.05, 3.63) is 70.5 Å². The lowest BCUT2D eigenvalue weighted by molar-refractivity contribution is -0.131. The lowest BCUT2D eigenvalue weighted by Crippen LogP contribution is -2.38. The van der Waals surface area contributed by atoms with E-state index in [4.69, 9.17) is 9.72 Å². The maximum absolute atomic E-state index is 13.5. The zero-order valence-corrected chi connectivity index (χ0v) is 18.5. The van der Waals surface area contributed by atoms with Gasteiger partial charge in [-0.3, -0.25) is 14.2 Å². The Hall–Kier alpha value is -2.64. The Morgan fingerprint density at radius 3 is 2.52 bits per heavy atom. The first-order valence-corrected chi connectivity index (χ1v) is 11.6. The molecule has 2 heterocycles. The van der Waals surface area contributed by atoms with Gasteiger partial charge in [0, 0.05) is 20.2 Å². The van der Waals surface area contributed by atoms with Gasteiger partial charge in [-0.05, 0) is 37.0 Å². The number of likely N-dealkylation sites (tertiary alicyclic amines) is 1. The molecule has 0 unspecified atom stereocenters. The second-order valence-corrected chi connectivity index (χ2v) is 8.73. The van der Waals surface area contributed by atoms with Crippen LogP contribution in [0.2, 0.25) is 0 Å². The van der Waals surface area contributed by atoms with E-state index in [0.29, 0.717) is 29.2 Å². The third-order valence-electron chi connectivity index (χ3n) is 5.56. The second-order valence-electron chi connectivity index (χ2n) is 7.66. The molecule has 1 atom stereocenters. The van der Waals surface area contributed by atoms with Gasteiger partial charge in [0.2, 0.25) is 5.91 Å². The van der Waals surface area contributed by atoms with Crippen LogP contribution < -0.4 is 5.56 Å². The highest BCUT2D eigenvalue weighted by molar-refractivity contribution is 8.00. The van der Waals surface area contributed by atoms with Crippen LogP contribution in [0, 0.1) is 0 Å². The molecule has 0 N–H and O–H groups in total. The Kier molecular flexibility index (Phi) is 7.04. The van der Waals surface area contributed by atoms with Crippen LogP contribution in [-0.2, 0) is 16.1 Å². The number of nitrogens with zero attached hydrogens (tertiary/aromatic N) is 3. The highest BCUT2D eigenvalue weighted by atomic mass is 32.2. The predicted octanol–water partition coefficient (Wildman–Crippen LogP) is 3.89. The fourth-order valence-corrected chi connectivity index (χ4v) is 5.10. The molecule has 1 aliphatic heterocycles. The molecule has 0 aliphatic carbocycles. The van der Waals surface area contributed by atoms with E-state index >= 15 is 0 Å². The summed E-state index contributed by atoms with van der Waals surface area (Å²) in [6, 6.07) is 17.1. The smallest absolute Gasteiger partial charge is 0.262 e. The summed E-state index contributed by atoms with van der Waals surface area (Å²) in [7, 11) is 1.61. The minimum Gasteiger partial charge on any atom is -0.383 e. The largest absolute Gasteiger partial charge is 0.383 e. The average molecular weight is 438 g/mol. The van der Waals surface area contributed by atoms with Crippen LogP contribution in [0.5, 0.6) is 0 Å². The van der Waals surface area contributed by atoms with Crippen LogP contribution in [0.25, 0.3) is 10.9 Å². The topological polar surface area (TPSA) is 64.4 Å². The monoisotopic (exact) mass is 437 g/mol. The molecule has 31 heavy (non-hydrogen) atoms. The van der Waals surface area contributed by atoms with Gasteiger partial charge in [0.15, 0.2) is 5.16 Å². The molecule has 3 aromatic rings. The van der Waals surface area contributed by atoms with Gasteiger partial charge in [-0.1, -0.05) is 54.2 Å². The van der Waals surface area contributed by atoms with Gasteiger partial charge in [-0.2, -0.15) is 0 Å². The Bertz CT molecular complexity index is 1090. The average Bonchev–Trinajstić information content (AvgIpc) is 2.83. The molecule has 162 valence electrons. The summed E-state index contributed by atoms with van der Waals surface area (Å²) in [6.07, 6.45) is 3.23. The van der Waals surface area contributed by atoms with Crippen molar-refractivity contribution in [2.45, 2.75) is 36.2 Å². The molecular formula is C24H27N3O3S. The maximum Gasteiger partial charge on any atom is 0.262 e. The zero-order chi connectivity index (χ0) is 21.6. The van der Waals surface area contributed by atoms with Gasteiger partial charge < -0.3 is 9.64 Å². The molecule has 1 saturated heterocycles. The first kappa shape index (κ1) is 21.6. The summed E-state index contributed by atoms with van der Waals surface area (Å²) in [5.41, 5.74) is 1.45. The van der Waals surface area contributed by atoms with E-state index in [1.165, 1.54) is 11.8 Å². The predicted molar refractivity (Wildman–Crippen MR) is 123 cm³/mol. The number of methoxy groups -OCH3 is 1. The van der Waals surface area contributed by atoms with Gasteiger partial charge in [-0.25, -0.2) is 4.98 Å². The summed E-state index contributed by atoms with van der Waals surface area (Å²) in [5.74, 6) is 0.0802. The zero-order valence-electron chi connectivity index (χ0n) is 17.7. The number of hydrogen-bond donors (Lipinski definition) is 0. The van der Waals surface area contributed by atoms with E-state index in [1.807, 2.05) is 53.4 Å². The molecule has 7 heteroatoms. The lowest BCUT2D eigenvalue weighted by Gasteiger charge is -2.30. The Morgan fingerprint density at radius 1 is 1.06 bits per heavy atom. The number of carbonyl (C=O) groups is 1. The molecule has 1 aliphatic rings. The van der Waals surface area contributed by atoms with E-state index in [0.717, 1.165) is 37.9 Å². The lowest BCUT2D eigenvalue weighted by atomic mass is 10.1. The molecule has 6 nitrogen and oxygen atoms in total. The summed E-state index contributed by atoms with van der Waals surface area (Å²) >= 11 is 1.35. The van der Waals surface area contributed by atoms with Gasteiger partial charge in [-0.15, -0.1) is 0 Å². The van der Waals surface area contributed by atoms with Crippen molar-refractivity contribution in [3.8, 4) is 0 Å². The molecule has 1 aromatic heterocycles. The third-order valence-corrected chi connectivity index (χ3v) is 6.80. The summed E-state index contributed by atoms with van der Waals surface area (Å²) in [5, 5.41) is 0.655. The van der Waals surface area contributed by atoms with E-state index in [-0.39, 0.29) is 11.5 Å². The first-order chi connectivity index (χ1) is 15.2. The van der Waals surface area contributed by atoms with Crippen molar-refractivity contribution in [1.82, 2.24) is 14.5 Å². The standard InChI is InChI=1S/C24H27N3O3S/c1-30-17-16-27-22(28)19-12-6-7-13-20(19)25-24(27)31-21(18-10-4-2-5-11-18)23(29)26-14-8-3-9-15-26/h2,4-7,10-13,21H,3,8-9,14-17H2,1H3/t21-/m1/s1. The van der Waals surface area contributed by atoms with Crippen LogP contribution in [0.15, 0.2) is 64.5 Å². The second kappa shape index (κ2) is 10.1. The molecule has 0 bridgehead atoms. The van der Waals surface area contributed by atoms with Crippen molar-refractivity contribution < 1.29 is 9.53 Å². The van der Waals surface area contributed by atoms with Crippen molar-refractivity contribution in [2.75, 3.05) is 26.8 Å². The van der Waals surface area contributed by atoms with Gasteiger partial charge in [0.25, 0.3) is 5.56 Å². The number of hydrogen-bond acceptors (Lipinski definition) is 5. The minimum atomic E-state index is -0.457. The van der Waals surface area contributed by atoms with E-state index in [2.05, 4.69) is 0 Å². The Balaban J connectivity index is 1.76. The van der Waals surface area contributed by atoms with Gasteiger partial charge >= 0.3 is 0 Å². The number of benzene rings is 2. The Labute approximate surface area is 186 Å². The van der Waals surface area contributed by atoms with E-state index in [1.54, 1.807) is 17.7 Å². The third kappa shape index (κ3) is 4.83. The fraction of sp³-hybridized carbons (Fsp3) is 0.375. The van der Waals surface area contributed by atoms with Crippen molar-refractivity contribution in [1.29, 1.82) is 0 Å². The number of rotatable bonds is 7. The maximum atomic E-state index is 13.5. The molecule has 1 amide bonds. The number of amides is 1. The summed E-state index contributed by atoms with van der Waals surface area (Å²) < 4.78 is 6.86. The number of thioether (sulfide) groups is 1. The number of aromatic nitrogens is 2. The SMILES string of the molecule is COCCn1c(S[C@@H](C(=O)N2CCCCC2)c2ccccc2)nc2ccccc2c1=O. The molecule has 0 spiro atoms. The molecule has 2 aromatic carbocycles. The van der Waals surface area contributed by atoms with Crippen LogP contribution in [0.3, 0.4) is 0 Å². The van der Waals surface area contributed by atoms with E-state index < -0.39 is 5.25 Å². The fourth-order valence-electron chi connectivity index (χ4n) is 3.89. The van der Waals surface area contributed by atoms with Crippen LogP contribution >= 0.6 is 11.8 Å². The number of fused-ring (bicyclic) bond motifs is 1. The number of para-hydroxylation sites is 1. The Morgan fingerprint density at radius 2 is 1.77 bits per heavy atom. The quantitative estimate of drug-likeness (QED) is 0.415. The number of piperidine rings is 1. The molecule has 1 fully saturated rings. The van der Waals surface area contributed by atoms with Crippen LogP contribution in [-0.4, -0.2) is 47.2 Å². The molecule has 4 rings (SSSR count). The van der Waals surface area contributed by atoms with E-state index in [9.17, 15) is 9.59 Å². The molecule has 0 radical (unpaired) electrons. The molecule has 0 saturated carbocycles. The van der Waals surface area contributed by atoms with Crippen molar-refractivity contribution in [3.63, 3.8) is 0 Å². The van der Waals surface area contributed by atoms with Crippen molar-refractivity contribution >= 4 is 28.6 Å². The van der Waals surface area contributed by atoms with Crippen molar-refractivity contribution in [2.24, 2.45) is 0 Å². The number of carbonyl (C=O) groups excluding carboxylic acids is 1.